The van der Waals surface area contributed by atoms with Crippen LogP contribution in [0.25, 0.3) is 0 Å². The molecule has 0 aromatic heterocycles. The third kappa shape index (κ3) is 2.18. The maximum absolute atomic E-state index is 14.0. The molecule has 0 radical (unpaired) electrons. The molecule has 0 spiro atoms. The van der Waals surface area contributed by atoms with Crippen molar-refractivity contribution in [1.82, 2.24) is 0 Å². The summed E-state index contributed by atoms with van der Waals surface area (Å²) in [4.78, 5) is 13.1. The molecule has 2 heterocycles. The lowest BCUT2D eigenvalue weighted by Gasteiger charge is -2.49. The van der Waals surface area contributed by atoms with E-state index in [0.29, 0.717) is 16.1 Å². The van der Waals surface area contributed by atoms with E-state index >= 15 is 0 Å². The minimum Gasteiger partial charge on any atom is -0.428 e. The highest BCUT2D eigenvalue weighted by atomic mass is 35.5. The smallest absolute Gasteiger partial charge is 0.428 e. The number of ether oxygens (including phenoxy) is 2. The van der Waals surface area contributed by atoms with Crippen LogP contribution in [0.5, 0.6) is 5.75 Å². The molecule has 0 saturated carbocycles. The second kappa shape index (κ2) is 5.05. The van der Waals surface area contributed by atoms with Crippen LogP contribution in [0.1, 0.15) is 21.5 Å². The lowest BCUT2D eigenvalue weighted by atomic mass is 10.0. The maximum atomic E-state index is 14.0. The summed E-state index contributed by atoms with van der Waals surface area (Å²) in [6.45, 7) is 1.42. The van der Waals surface area contributed by atoms with E-state index in [1.807, 2.05) is 0 Å². The Bertz CT molecular complexity index is 899. The topological polar surface area (TPSA) is 38.8 Å². The number of rotatable bonds is 0. The molecule has 1 unspecified atom stereocenters. The van der Waals surface area contributed by atoms with Crippen molar-refractivity contribution in [2.24, 2.45) is 0 Å². The van der Waals surface area contributed by atoms with E-state index in [1.54, 1.807) is 25.1 Å². The third-order valence-electron chi connectivity index (χ3n) is 4.24. The molecule has 8 heteroatoms. The van der Waals surface area contributed by atoms with E-state index in [2.05, 4.69) is 0 Å². The Morgan fingerprint density at radius 1 is 1.20 bits per heavy atom. The SMILES string of the molecule is Cc1cc(Cl)cc2c1OC1(C(F)(F)F)OC(=O)c3ccccc3N1C2. The van der Waals surface area contributed by atoms with E-state index in [9.17, 15) is 18.0 Å². The van der Waals surface area contributed by atoms with E-state index in [-0.39, 0.29) is 23.5 Å². The number of hydrogen-bond acceptors (Lipinski definition) is 4. The minimum atomic E-state index is -4.97. The molecule has 2 aromatic carbocycles. The number of anilines is 1. The molecule has 0 fully saturated rings. The van der Waals surface area contributed by atoms with Crippen molar-refractivity contribution in [3.63, 3.8) is 0 Å². The van der Waals surface area contributed by atoms with E-state index in [4.69, 9.17) is 21.1 Å². The highest BCUT2D eigenvalue weighted by Crippen LogP contribution is 2.50. The minimum absolute atomic E-state index is 0.0187. The number of hydrogen-bond donors (Lipinski definition) is 0. The van der Waals surface area contributed by atoms with Crippen molar-refractivity contribution in [3.05, 3.63) is 58.1 Å². The van der Waals surface area contributed by atoms with Gasteiger partial charge in [-0.3, -0.25) is 4.90 Å². The highest BCUT2D eigenvalue weighted by Gasteiger charge is 2.70. The van der Waals surface area contributed by atoms with Gasteiger partial charge < -0.3 is 9.47 Å². The largest absolute Gasteiger partial charge is 0.492 e. The van der Waals surface area contributed by atoms with Crippen molar-refractivity contribution in [2.45, 2.75) is 25.6 Å². The number of fused-ring (bicyclic) bond motifs is 4. The van der Waals surface area contributed by atoms with Crippen molar-refractivity contribution < 1.29 is 27.4 Å². The van der Waals surface area contributed by atoms with Crippen LogP contribution < -0.4 is 9.64 Å². The van der Waals surface area contributed by atoms with Gasteiger partial charge in [-0.1, -0.05) is 23.7 Å². The van der Waals surface area contributed by atoms with Crippen LogP contribution in [-0.4, -0.2) is 18.1 Å². The predicted octanol–water partition coefficient (Wildman–Crippen LogP) is 4.43. The fraction of sp³-hybridized carbons (Fsp3) is 0.235. The van der Waals surface area contributed by atoms with Crippen molar-refractivity contribution in [1.29, 1.82) is 0 Å². The molecule has 2 aliphatic heterocycles. The van der Waals surface area contributed by atoms with Crippen LogP contribution in [0.15, 0.2) is 36.4 Å². The van der Waals surface area contributed by atoms with Crippen molar-refractivity contribution >= 4 is 23.3 Å². The molecule has 1 atom stereocenters. The summed E-state index contributed by atoms with van der Waals surface area (Å²) >= 11 is 6.02. The first kappa shape index (κ1) is 16.1. The summed E-state index contributed by atoms with van der Waals surface area (Å²) in [6, 6.07) is 9.00. The second-order valence-electron chi connectivity index (χ2n) is 5.89. The third-order valence-corrected chi connectivity index (χ3v) is 4.46. The van der Waals surface area contributed by atoms with Crippen LogP contribution in [0.3, 0.4) is 0 Å². The van der Waals surface area contributed by atoms with Gasteiger partial charge in [0.1, 0.15) is 5.75 Å². The number of halogens is 4. The zero-order valence-corrected chi connectivity index (χ0v) is 13.6. The van der Waals surface area contributed by atoms with Crippen molar-refractivity contribution in [2.75, 3.05) is 4.90 Å². The van der Waals surface area contributed by atoms with E-state index < -0.39 is 18.1 Å². The Morgan fingerprint density at radius 3 is 2.64 bits per heavy atom. The Hall–Kier alpha value is -2.41. The van der Waals surface area contributed by atoms with Gasteiger partial charge in [0.15, 0.2) is 0 Å². The van der Waals surface area contributed by atoms with Gasteiger partial charge in [-0.15, -0.1) is 0 Å². The number of benzene rings is 2. The van der Waals surface area contributed by atoms with Gasteiger partial charge in [-0.05, 0) is 36.8 Å². The molecule has 0 amide bonds. The molecular formula is C17H11ClF3NO3. The molecular weight excluding hydrogens is 359 g/mol. The molecule has 0 N–H and O–H groups in total. The van der Waals surface area contributed by atoms with Crippen LogP contribution in [0, 0.1) is 6.92 Å². The molecule has 0 bridgehead atoms. The summed E-state index contributed by atoms with van der Waals surface area (Å²) in [5, 5.41) is 0.390. The standard InChI is InChI=1S/C17H11ClF3NO3/c1-9-6-11(18)7-10-8-22-13-5-3-2-4-12(13)15(23)25-17(22,16(19,20)21)24-14(9)10/h2-7H,8H2,1H3. The van der Waals surface area contributed by atoms with Gasteiger partial charge in [0.05, 0.1) is 17.8 Å². The molecule has 4 nitrogen and oxygen atoms in total. The number of alkyl halides is 3. The van der Waals surface area contributed by atoms with Crippen LogP contribution in [-0.2, 0) is 11.3 Å². The van der Waals surface area contributed by atoms with E-state index in [0.717, 1.165) is 4.90 Å². The highest BCUT2D eigenvalue weighted by molar-refractivity contribution is 6.30. The number of carbonyl (C=O) groups excluding carboxylic acids is 1. The quantitative estimate of drug-likeness (QED) is 0.644. The lowest BCUT2D eigenvalue weighted by Crippen LogP contribution is -2.69. The molecule has 25 heavy (non-hydrogen) atoms. The van der Waals surface area contributed by atoms with Gasteiger partial charge in [-0.25, -0.2) is 4.79 Å². The van der Waals surface area contributed by atoms with Crippen molar-refractivity contribution in [3.8, 4) is 5.75 Å². The fourth-order valence-corrected chi connectivity index (χ4v) is 3.48. The normalized spacial score (nSPS) is 21.6. The summed E-state index contributed by atoms with van der Waals surface area (Å²) in [5.41, 5.74) is 1.06. The van der Waals surface area contributed by atoms with Gasteiger partial charge >= 0.3 is 18.1 Å². The molecule has 0 aliphatic carbocycles. The lowest BCUT2D eigenvalue weighted by molar-refractivity contribution is -0.337. The van der Waals surface area contributed by atoms with Gasteiger partial charge in [0.25, 0.3) is 0 Å². The summed E-state index contributed by atoms with van der Waals surface area (Å²) in [5.74, 6) is -4.27. The Balaban J connectivity index is 1.98. The number of carbonyl (C=O) groups is 1. The number of nitrogens with zero attached hydrogens (tertiary/aromatic N) is 1. The summed E-state index contributed by atoms with van der Waals surface area (Å²) in [7, 11) is 0. The van der Waals surface area contributed by atoms with Gasteiger partial charge in [-0.2, -0.15) is 13.2 Å². The average molecular weight is 370 g/mol. The number of para-hydroxylation sites is 1. The Kier molecular flexibility index (Phi) is 3.25. The maximum Gasteiger partial charge on any atom is 0.492 e. The van der Waals surface area contributed by atoms with Crippen LogP contribution in [0.2, 0.25) is 5.02 Å². The first-order valence-electron chi connectivity index (χ1n) is 7.38. The number of esters is 1. The Labute approximate surface area is 145 Å². The van der Waals surface area contributed by atoms with E-state index in [1.165, 1.54) is 18.2 Å². The second-order valence-corrected chi connectivity index (χ2v) is 6.32. The zero-order chi connectivity index (χ0) is 18.0. The fourth-order valence-electron chi connectivity index (χ4n) is 3.18. The number of aryl methyl sites for hydroxylation is 1. The molecule has 2 aliphatic rings. The van der Waals surface area contributed by atoms with Gasteiger partial charge in [0, 0.05) is 10.6 Å². The summed E-state index contributed by atoms with van der Waals surface area (Å²) < 4.78 is 52.0. The first-order chi connectivity index (χ1) is 11.7. The van der Waals surface area contributed by atoms with Crippen LogP contribution >= 0.6 is 11.6 Å². The monoisotopic (exact) mass is 369 g/mol. The molecule has 4 rings (SSSR count). The zero-order valence-electron chi connectivity index (χ0n) is 12.9. The average Bonchev–Trinajstić information content (AvgIpc) is 2.53. The van der Waals surface area contributed by atoms with Gasteiger partial charge in [0.2, 0.25) is 0 Å². The van der Waals surface area contributed by atoms with Crippen LogP contribution in [0.4, 0.5) is 18.9 Å². The predicted molar refractivity (Wildman–Crippen MR) is 83.6 cm³/mol. The first-order valence-corrected chi connectivity index (χ1v) is 7.75. The molecule has 130 valence electrons. The Morgan fingerprint density at radius 2 is 1.92 bits per heavy atom. The molecule has 0 saturated heterocycles. The molecule has 2 aromatic rings. The summed E-state index contributed by atoms with van der Waals surface area (Å²) in [6.07, 6.45) is -4.97.